The van der Waals surface area contributed by atoms with E-state index in [1.165, 1.54) is 7.11 Å². The Labute approximate surface area is 191 Å². The van der Waals surface area contributed by atoms with Crippen molar-refractivity contribution >= 4 is 23.2 Å². The summed E-state index contributed by atoms with van der Waals surface area (Å²) in [4.78, 5) is 24.1. The number of hydrogen-bond acceptors (Lipinski definition) is 4. The quantitative estimate of drug-likeness (QED) is 0.556. The minimum Gasteiger partial charge on any atom is -0.507 e. The molecule has 0 radical (unpaired) electrons. The van der Waals surface area contributed by atoms with Crippen LogP contribution in [0.1, 0.15) is 64.7 Å². The van der Waals surface area contributed by atoms with Crippen molar-refractivity contribution in [2.75, 3.05) is 24.4 Å². The number of phenols is 1. The second-order valence-corrected chi connectivity index (χ2v) is 10.1. The van der Waals surface area contributed by atoms with Crippen LogP contribution in [-0.2, 0) is 31.6 Å². The van der Waals surface area contributed by atoms with E-state index in [2.05, 4.69) is 52.2 Å². The third kappa shape index (κ3) is 7.09. The van der Waals surface area contributed by atoms with Gasteiger partial charge in [0.1, 0.15) is 12.4 Å². The molecule has 6 heteroatoms. The van der Waals surface area contributed by atoms with Crippen molar-refractivity contribution in [3.8, 4) is 5.75 Å². The van der Waals surface area contributed by atoms with Crippen LogP contribution in [0.25, 0.3) is 0 Å². The van der Waals surface area contributed by atoms with Crippen LogP contribution in [0.4, 0.5) is 11.4 Å². The van der Waals surface area contributed by atoms with Crippen molar-refractivity contribution in [2.45, 2.75) is 65.2 Å². The lowest BCUT2D eigenvalue weighted by molar-refractivity contribution is -0.119. The molecule has 0 unspecified atom stereocenters. The number of amides is 2. The molecule has 0 saturated heterocycles. The van der Waals surface area contributed by atoms with Gasteiger partial charge in [0.05, 0.1) is 0 Å². The molecule has 0 heterocycles. The molecule has 0 aliphatic rings. The molecule has 174 valence electrons. The third-order valence-corrected chi connectivity index (χ3v) is 5.15. The van der Waals surface area contributed by atoms with Crippen LogP contribution in [-0.4, -0.2) is 30.6 Å². The normalized spacial score (nSPS) is 11.8. The number of benzene rings is 2. The topological polar surface area (TPSA) is 87.7 Å². The van der Waals surface area contributed by atoms with Crippen LogP contribution >= 0.6 is 0 Å². The zero-order valence-corrected chi connectivity index (χ0v) is 20.3. The molecule has 6 nitrogen and oxygen atoms in total. The molecule has 0 spiro atoms. The Hall–Kier alpha value is -2.86. The summed E-state index contributed by atoms with van der Waals surface area (Å²) in [5.41, 5.74) is 3.71. The first-order chi connectivity index (χ1) is 14.8. The summed E-state index contributed by atoms with van der Waals surface area (Å²) >= 11 is 0. The molecule has 0 atom stereocenters. The first-order valence-electron chi connectivity index (χ1n) is 10.9. The van der Waals surface area contributed by atoms with E-state index < -0.39 is 0 Å². The fourth-order valence-electron chi connectivity index (χ4n) is 3.43. The van der Waals surface area contributed by atoms with Gasteiger partial charge in [-0.2, -0.15) is 0 Å². The Morgan fingerprint density at radius 1 is 0.844 bits per heavy atom. The highest BCUT2D eigenvalue weighted by Gasteiger charge is 2.26. The molecule has 0 saturated carbocycles. The van der Waals surface area contributed by atoms with Gasteiger partial charge in [-0.1, -0.05) is 53.7 Å². The van der Waals surface area contributed by atoms with Crippen LogP contribution < -0.4 is 10.6 Å². The summed E-state index contributed by atoms with van der Waals surface area (Å²) in [6.45, 7) is 12.4. The third-order valence-electron chi connectivity index (χ3n) is 5.15. The van der Waals surface area contributed by atoms with Gasteiger partial charge >= 0.3 is 0 Å². The lowest BCUT2D eigenvalue weighted by Gasteiger charge is -2.28. The molecule has 2 rings (SSSR count). The molecule has 0 aliphatic carbocycles. The molecule has 2 aromatic rings. The first kappa shape index (κ1) is 25.4. The van der Waals surface area contributed by atoms with Crippen LogP contribution in [0.15, 0.2) is 36.4 Å². The largest absolute Gasteiger partial charge is 0.507 e. The number of carbonyl (C=O) groups is 2. The number of anilines is 2. The van der Waals surface area contributed by atoms with Crippen LogP contribution in [0.3, 0.4) is 0 Å². The van der Waals surface area contributed by atoms with Gasteiger partial charge < -0.3 is 20.5 Å². The predicted molar refractivity (Wildman–Crippen MR) is 129 cm³/mol. The fourth-order valence-corrected chi connectivity index (χ4v) is 3.43. The van der Waals surface area contributed by atoms with Gasteiger partial charge in [0, 0.05) is 24.9 Å². The van der Waals surface area contributed by atoms with Crippen molar-refractivity contribution in [1.82, 2.24) is 0 Å². The number of aromatic hydroxyl groups is 1. The minimum absolute atomic E-state index is 0.0103. The second kappa shape index (κ2) is 10.2. The van der Waals surface area contributed by atoms with Crippen LogP contribution in [0.5, 0.6) is 5.75 Å². The highest BCUT2D eigenvalue weighted by atomic mass is 16.5. The standard InChI is InChI=1S/C26H36N2O4/c1-25(2,3)20-14-17(15-21(24(20)31)26(4,5)6)8-13-22(29)27-18-9-11-19(12-10-18)28-23(30)16-32-7/h9-12,14-15,31H,8,13,16H2,1-7H3,(H,27,29)(H,28,30). The van der Waals surface area contributed by atoms with E-state index in [0.717, 1.165) is 16.7 Å². The highest BCUT2D eigenvalue weighted by Crippen LogP contribution is 2.40. The average Bonchev–Trinajstić information content (AvgIpc) is 2.67. The van der Waals surface area contributed by atoms with Crippen molar-refractivity contribution in [3.05, 3.63) is 53.1 Å². The number of ether oxygens (including phenoxy) is 1. The SMILES string of the molecule is COCC(=O)Nc1ccc(NC(=O)CCc2cc(C(C)(C)C)c(O)c(C(C)(C)C)c2)cc1. The van der Waals surface area contributed by atoms with Gasteiger partial charge in [-0.15, -0.1) is 0 Å². The number of hydrogen-bond donors (Lipinski definition) is 3. The molecular weight excluding hydrogens is 404 g/mol. The highest BCUT2D eigenvalue weighted by molar-refractivity contribution is 5.93. The molecule has 0 bridgehead atoms. The number of carbonyl (C=O) groups excluding carboxylic acids is 2. The number of rotatable bonds is 7. The Morgan fingerprint density at radius 2 is 1.28 bits per heavy atom. The average molecular weight is 441 g/mol. The summed E-state index contributed by atoms with van der Waals surface area (Å²) in [6.07, 6.45) is 0.897. The van der Waals surface area contributed by atoms with E-state index in [1.807, 2.05) is 12.1 Å². The van der Waals surface area contributed by atoms with Crippen molar-refractivity contribution in [1.29, 1.82) is 0 Å². The van der Waals surface area contributed by atoms with Gasteiger partial charge in [0.15, 0.2) is 0 Å². The Kier molecular flexibility index (Phi) is 8.07. The van der Waals surface area contributed by atoms with Gasteiger partial charge in [-0.05, 0) is 58.2 Å². The minimum atomic E-state index is -0.234. The lowest BCUT2D eigenvalue weighted by Crippen LogP contribution is -2.18. The van der Waals surface area contributed by atoms with E-state index in [9.17, 15) is 14.7 Å². The molecule has 0 aliphatic heterocycles. The molecule has 0 fully saturated rings. The molecule has 0 aromatic heterocycles. The number of nitrogens with one attached hydrogen (secondary N) is 2. The molecular formula is C26H36N2O4. The fraction of sp³-hybridized carbons (Fsp3) is 0.462. The van der Waals surface area contributed by atoms with E-state index in [-0.39, 0.29) is 29.3 Å². The monoisotopic (exact) mass is 440 g/mol. The maximum Gasteiger partial charge on any atom is 0.250 e. The number of aryl methyl sites for hydroxylation is 1. The van der Waals surface area contributed by atoms with E-state index in [1.54, 1.807) is 24.3 Å². The van der Waals surface area contributed by atoms with E-state index in [4.69, 9.17) is 4.74 Å². The summed E-state index contributed by atoms with van der Waals surface area (Å²) in [5.74, 6) is 0.0159. The zero-order valence-electron chi connectivity index (χ0n) is 20.3. The maximum atomic E-state index is 12.5. The van der Waals surface area contributed by atoms with E-state index >= 15 is 0 Å². The maximum absolute atomic E-state index is 12.5. The summed E-state index contributed by atoms with van der Waals surface area (Å²) in [7, 11) is 1.46. The molecule has 2 amide bonds. The van der Waals surface area contributed by atoms with Gasteiger partial charge in [0.25, 0.3) is 0 Å². The molecule has 3 N–H and O–H groups in total. The smallest absolute Gasteiger partial charge is 0.250 e. The Morgan fingerprint density at radius 3 is 1.69 bits per heavy atom. The van der Waals surface area contributed by atoms with Crippen LogP contribution in [0.2, 0.25) is 0 Å². The first-order valence-corrected chi connectivity index (χ1v) is 10.9. The summed E-state index contributed by atoms with van der Waals surface area (Å²) in [5, 5.41) is 16.5. The van der Waals surface area contributed by atoms with Gasteiger partial charge in [-0.25, -0.2) is 0 Å². The van der Waals surface area contributed by atoms with Crippen molar-refractivity contribution in [3.63, 3.8) is 0 Å². The lowest BCUT2D eigenvalue weighted by atomic mass is 9.78. The molecule has 32 heavy (non-hydrogen) atoms. The molecule has 2 aromatic carbocycles. The van der Waals surface area contributed by atoms with Crippen molar-refractivity contribution < 1.29 is 19.4 Å². The summed E-state index contributed by atoms with van der Waals surface area (Å²) < 4.78 is 4.79. The number of methoxy groups -OCH3 is 1. The van der Waals surface area contributed by atoms with Gasteiger partial charge in [0.2, 0.25) is 11.8 Å². The second-order valence-electron chi connectivity index (χ2n) is 10.1. The van der Waals surface area contributed by atoms with Crippen LogP contribution in [0, 0.1) is 0 Å². The number of phenolic OH excluding ortho intramolecular Hbond substituents is 1. The zero-order chi connectivity index (χ0) is 24.1. The Balaban J connectivity index is 2.07. The Bertz CT molecular complexity index is 916. The van der Waals surface area contributed by atoms with E-state index in [0.29, 0.717) is 30.0 Å². The van der Waals surface area contributed by atoms with Crippen molar-refractivity contribution in [2.24, 2.45) is 0 Å². The van der Waals surface area contributed by atoms with Gasteiger partial charge in [-0.3, -0.25) is 9.59 Å². The summed E-state index contributed by atoms with van der Waals surface area (Å²) in [6, 6.07) is 11.0. The predicted octanol–water partition coefficient (Wildman–Crippen LogP) is 5.14.